The lowest BCUT2D eigenvalue weighted by Gasteiger charge is -2.28. The summed E-state index contributed by atoms with van der Waals surface area (Å²) in [7, 11) is -31.3. The Morgan fingerprint density at radius 2 is 0.796 bits per heavy atom. The Kier molecular flexibility index (Phi) is 28.3. The first-order chi connectivity index (χ1) is 47.4. The molecule has 21 atom stereocenters. The summed E-state index contributed by atoms with van der Waals surface area (Å²) in [6.45, 7) is -2.82. The van der Waals surface area contributed by atoms with Gasteiger partial charge in [-0.3, -0.25) is 36.5 Å². The largest absolute Gasteiger partial charge is 0.490 e. The number of aliphatic hydroxyl groups excluding tert-OH is 9. The van der Waals surface area contributed by atoms with E-state index in [1.165, 1.54) is 12.4 Å². The lowest BCUT2D eigenvalue weighted by Crippen LogP contribution is -2.36. The minimum Gasteiger partial charge on any atom is -0.394 e. The Morgan fingerprint density at radius 3 is 1.08 bits per heavy atom. The maximum atomic E-state index is 12.4. The van der Waals surface area contributed by atoms with E-state index in [0.717, 1.165) is 26.1 Å². The summed E-state index contributed by atoms with van der Waals surface area (Å²) in [6.07, 6.45) is -1.80. The molecule has 0 bridgehead atoms. The molecule has 0 radical (unpaired) electrons. The van der Waals surface area contributed by atoms with Gasteiger partial charge in [0.1, 0.15) is 96.5 Å². The van der Waals surface area contributed by atoms with E-state index in [2.05, 4.69) is 69.9 Å². The molecule has 0 amide bonds. The number of nitrogens with zero attached hydrogens (tertiary/aromatic N) is 8. The Balaban J connectivity index is 0.000000219. The molecule has 568 valence electrons. The molecule has 9 rings (SSSR count). The number of halogens is 2. The second kappa shape index (κ2) is 33.9. The summed E-state index contributed by atoms with van der Waals surface area (Å²) >= 11 is 10.5. The van der Waals surface area contributed by atoms with Crippen LogP contribution in [0.2, 0.25) is 0 Å². The van der Waals surface area contributed by atoms with Gasteiger partial charge in [-0.1, -0.05) is 23.7 Å². The van der Waals surface area contributed by atoms with Crippen molar-refractivity contribution in [2.24, 2.45) is 0 Å². The maximum absolute atomic E-state index is 12.4. The molecule has 0 aliphatic carbocycles. The Labute approximate surface area is 583 Å². The molecule has 5 aliphatic rings. The monoisotopic (exact) mass is 1640 g/mol. The number of anilines is 4. The fraction of sp³-hybridized carbons (Fsp3) is 0.467. The molecule has 23 N–H and O–H groups in total. The highest BCUT2D eigenvalue weighted by atomic mass is 35.9. The molecular formula is C45H57Cl2N12O37P7. The van der Waals surface area contributed by atoms with Crippen LogP contribution in [0.1, 0.15) is 47.2 Å². The number of terminal acetylenes is 4. The fourth-order valence-electron chi connectivity index (χ4n) is 8.99. The van der Waals surface area contributed by atoms with Crippen molar-refractivity contribution in [2.75, 3.05) is 55.3 Å². The lowest BCUT2D eigenvalue weighted by atomic mass is 10.1. The van der Waals surface area contributed by atoms with Crippen molar-refractivity contribution >= 4 is 98.3 Å². The van der Waals surface area contributed by atoms with Crippen LogP contribution in [0.5, 0.6) is 0 Å². The number of aliphatic hydroxyl groups is 9. The molecule has 4 aromatic heterocycles. The van der Waals surface area contributed by atoms with Gasteiger partial charge < -0.3 is 126 Å². The SMILES string of the molecule is C#Cc1cn([C@@H]2O[C@H](CO)C(O)[C@@H]2O)c(=O)nc1N.C#Cc1cn([C@@H]2O[C@H](COP(=O)(Cl)Cl)C(O)[C@@H]2O)c(=O)nc1N.C#Cc1cn([C@@H]2O[C@H](COP(=O)(O)OP(=O)(O)OP(=O)(O)O)C(O)[C@@H]2O)c(=O)nc1N.C#Cc1cn([C@@H]2O[C@H](COP3(=O)CP(=O)(O)OP(=O)(O)O3)C(O)[C@@H]2O)c(=O)nc1N. The highest BCUT2D eigenvalue weighted by molar-refractivity contribution is 8.05. The van der Waals surface area contributed by atoms with Crippen LogP contribution in [0.4, 0.5) is 23.3 Å². The zero-order chi connectivity index (χ0) is 77.8. The van der Waals surface area contributed by atoms with E-state index < -0.39 is 206 Å². The number of ether oxygens (including phenoxy) is 4. The van der Waals surface area contributed by atoms with Crippen molar-refractivity contribution in [2.45, 2.75) is 98.2 Å². The Morgan fingerprint density at radius 1 is 0.495 bits per heavy atom. The van der Waals surface area contributed by atoms with Gasteiger partial charge in [-0.05, 0) is 22.5 Å². The first kappa shape index (κ1) is 86.0. The van der Waals surface area contributed by atoms with Crippen LogP contribution in [0, 0.1) is 49.4 Å². The van der Waals surface area contributed by atoms with Crippen molar-refractivity contribution in [3.05, 3.63) is 89.0 Å². The third-order valence-corrected chi connectivity index (χ3v) is 25.5. The smallest absolute Gasteiger partial charge is 0.394 e. The van der Waals surface area contributed by atoms with Gasteiger partial charge in [0.05, 0.1) is 48.7 Å². The zero-order valence-corrected chi connectivity index (χ0v) is 58.6. The number of nitrogens with two attached hydrogens (primary N) is 4. The highest BCUT2D eigenvalue weighted by Crippen LogP contribution is 2.78. The number of nitrogen functional groups attached to an aromatic ring is 4. The Hall–Kier alpha value is -5.89. The molecule has 9 unspecified atom stereocenters. The average molecular weight is 1650 g/mol. The molecule has 5 aliphatic heterocycles. The number of hydrogen-bond donors (Lipinski definition) is 19. The normalized spacial score (nSPS) is 32.2. The van der Waals surface area contributed by atoms with Crippen LogP contribution in [0.3, 0.4) is 0 Å². The molecule has 103 heavy (non-hydrogen) atoms. The second-order valence-electron chi connectivity index (χ2n) is 20.8. The minimum atomic E-state index is -5.74. The fourth-order valence-corrected chi connectivity index (χ4v) is 19.6. The van der Waals surface area contributed by atoms with Crippen molar-refractivity contribution < 1.29 is 157 Å². The third-order valence-electron chi connectivity index (χ3n) is 13.6. The topological polar surface area (TPSA) is 768 Å². The third kappa shape index (κ3) is 22.1. The molecule has 5 saturated heterocycles. The molecule has 4 aromatic rings. The molecule has 49 nitrogen and oxygen atoms in total. The van der Waals surface area contributed by atoms with Gasteiger partial charge in [-0.2, -0.15) is 28.6 Å². The van der Waals surface area contributed by atoms with Gasteiger partial charge in [0.2, 0.25) is 0 Å². The van der Waals surface area contributed by atoms with Crippen LogP contribution < -0.4 is 45.7 Å². The van der Waals surface area contributed by atoms with Gasteiger partial charge in [0.15, 0.2) is 30.8 Å². The van der Waals surface area contributed by atoms with Gasteiger partial charge in [-0.25, -0.2) is 46.1 Å². The van der Waals surface area contributed by atoms with E-state index in [0.29, 0.717) is 4.57 Å². The van der Waals surface area contributed by atoms with Gasteiger partial charge in [0.25, 0.3) is 0 Å². The lowest BCUT2D eigenvalue weighted by molar-refractivity contribution is -0.0549. The summed E-state index contributed by atoms with van der Waals surface area (Å²) in [5.74, 6) is 6.78. The second-order valence-corrected chi connectivity index (χ2v) is 35.6. The molecule has 5 fully saturated rings. The molecule has 58 heteroatoms. The summed E-state index contributed by atoms with van der Waals surface area (Å²) in [5.41, 5.74) is 18.6. The van der Waals surface area contributed by atoms with E-state index in [-0.39, 0.29) is 45.5 Å². The molecule has 0 aromatic carbocycles. The van der Waals surface area contributed by atoms with E-state index in [1.807, 2.05) is 0 Å². The van der Waals surface area contributed by atoms with Crippen LogP contribution in [0.15, 0.2) is 44.0 Å². The summed E-state index contributed by atoms with van der Waals surface area (Å²) in [5, 5.41) is 88.9. The van der Waals surface area contributed by atoms with Crippen molar-refractivity contribution in [3.63, 3.8) is 0 Å². The van der Waals surface area contributed by atoms with E-state index >= 15 is 0 Å². The van der Waals surface area contributed by atoms with Crippen molar-refractivity contribution in [3.8, 4) is 49.4 Å². The average Bonchev–Trinajstić information content (AvgIpc) is 1.75. The van der Waals surface area contributed by atoms with Crippen molar-refractivity contribution in [1.82, 2.24) is 38.2 Å². The highest BCUT2D eigenvalue weighted by Gasteiger charge is 2.54. The van der Waals surface area contributed by atoms with Crippen molar-refractivity contribution in [1.29, 1.82) is 0 Å². The van der Waals surface area contributed by atoms with E-state index in [1.54, 1.807) is 0 Å². The standard InChI is InChI=1S/C12H16N3O12P3.C11H12Cl2N3O6P.C11H16N3O14P3.C11H13N3O5/c1-2-6-3-15(12(18)14-10(6)13)11-9(17)8(16)7(25-11)4-24-29(21)5-28(19,20)26-30(22,23)27-29;1-2-5-3-16(11(19)15-9(5)14)10-8(18)7(17)6(22-10)4-21-23(12,13)20;1-2-5-3-14(11(17)13-9(5)12)10-8(16)7(15)6(26-10)4-25-30(21,22)28-31(23,24)27-29(18,19)20;1-2-5-3-14(11(18)13-9(5)12)10-8(17)7(16)6(4-15)19-10/h1,3,7-9,11,16-17H,4-5H2,(H,19,20)(H,22,23)(H2,13,14,18);1,3,6-8,10,17-18H,4H2,(H2,14,15,19);1,3,6-8,10,15-16H,4H2,(H,21,22)(H,23,24)(H2,12,13,17)(H2,18,19,20);1,3,6-8,10,15-17H,4H2,(H2,12,13,18)/t7-,8?,9+,11-,29?;3*6-,7?,8+,10-/m1111/s1. The number of aromatic nitrogens is 8. The summed E-state index contributed by atoms with van der Waals surface area (Å²) < 4.78 is 134. The molecule has 9 heterocycles. The molecular weight excluding hydrogens is 1590 g/mol. The molecule has 0 saturated carbocycles. The summed E-state index contributed by atoms with van der Waals surface area (Å²) in [6, 6.07) is 0. The predicted octanol–water partition coefficient (Wildman–Crippen LogP) is -5.86. The number of rotatable bonds is 18. The minimum absolute atomic E-state index is 0.0111. The van der Waals surface area contributed by atoms with Crippen LogP contribution >= 0.6 is 75.0 Å². The quantitative estimate of drug-likeness (QED) is 0.0326. The summed E-state index contributed by atoms with van der Waals surface area (Å²) in [4.78, 5) is 116. The van der Waals surface area contributed by atoms with E-state index in [4.69, 9.17) is 114 Å². The number of hydrogen-bond acceptors (Lipinski definition) is 39. The first-order valence-electron chi connectivity index (χ1n) is 27.3. The number of phosphoric ester groups is 1. The molecule has 0 spiro atoms. The van der Waals surface area contributed by atoms with Gasteiger partial charge in [-0.15, -0.1) is 25.7 Å². The van der Waals surface area contributed by atoms with Gasteiger partial charge >= 0.3 is 75.3 Å². The predicted molar refractivity (Wildman–Crippen MR) is 339 cm³/mol. The maximum Gasteiger partial charge on any atom is 0.490 e. The number of phosphoric acid groups is 4. The van der Waals surface area contributed by atoms with E-state index in [9.17, 15) is 107 Å². The zero-order valence-electron chi connectivity index (χ0n) is 50.9. The van der Waals surface area contributed by atoms with Crippen LogP contribution in [0.25, 0.3) is 0 Å². The van der Waals surface area contributed by atoms with Crippen LogP contribution in [-0.2, 0) is 81.7 Å². The first-order valence-corrected chi connectivity index (χ1v) is 40.2. The van der Waals surface area contributed by atoms with Gasteiger partial charge in [0, 0.05) is 24.8 Å². The van der Waals surface area contributed by atoms with Crippen LogP contribution in [-0.4, -0.2) is 219 Å². The Bertz CT molecular complexity index is 4600.